The number of ketones is 1. The second kappa shape index (κ2) is 3.10. The average Bonchev–Trinajstić information content (AvgIpc) is 2.17. The fourth-order valence-corrected chi connectivity index (χ4v) is 1.41. The molecular weight excluding hydrogens is 178 g/mol. The summed E-state index contributed by atoms with van der Waals surface area (Å²) in [5.41, 5.74) is 1.21. The molecular formula is C11H9NO2. The Bertz CT molecular complexity index is 506. The molecule has 3 heteroatoms. The lowest BCUT2D eigenvalue weighted by Gasteiger charge is -2.01. The summed E-state index contributed by atoms with van der Waals surface area (Å²) < 4.78 is 0.791. The van der Waals surface area contributed by atoms with Gasteiger partial charge in [0.1, 0.15) is 0 Å². The molecule has 0 aliphatic heterocycles. The maximum absolute atomic E-state index is 11.3. The van der Waals surface area contributed by atoms with Crippen LogP contribution in [-0.4, -0.2) is 5.78 Å². The van der Waals surface area contributed by atoms with Crippen LogP contribution in [0.25, 0.3) is 10.9 Å². The summed E-state index contributed by atoms with van der Waals surface area (Å²) >= 11 is 0. The third-order valence-electron chi connectivity index (χ3n) is 2.17. The van der Waals surface area contributed by atoms with Crippen LogP contribution in [-0.2, 0) is 0 Å². The molecule has 0 saturated heterocycles. The summed E-state index contributed by atoms with van der Waals surface area (Å²) in [6.45, 7) is 1.51. The number of aromatic nitrogens is 1. The van der Waals surface area contributed by atoms with Gasteiger partial charge in [0.25, 0.3) is 0 Å². The zero-order valence-corrected chi connectivity index (χ0v) is 7.73. The predicted molar refractivity (Wildman–Crippen MR) is 52.9 cm³/mol. The van der Waals surface area contributed by atoms with E-state index in [1.165, 1.54) is 13.1 Å². The minimum Gasteiger partial charge on any atom is -0.618 e. The summed E-state index contributed by atoms with van der Waals surface area (Å²) in [5, 5.41) is 12.1. The monoisotopic (exact) mass is 187 g/mol. The van der Waals surface area contributed by atoms with E-state index in [1.54, 1.807) is 24.3 Å². The highest BCUT2D eigenvalue weighted by atomic mass is 16.5. The van der Waals surface area contributed by atoms with Gasteiger partial charge in [0.15, 0.2) is 12.0 Å². The molecule has 0 aliphatic rings. The molecule has 70 valence electrons. The first-order valence-electron chi connectivity index (χ1n) is 4.31. The second-order valence-electron chi connectivity index (χ2n) is 3.16. The second-order valence-corrected chi connectivity index (χ2v) is 3.16. The molecule has 0 aliphatic carbocycles. The zero-order chi connectivity index (χ0) is 10.1. The van der Waals surface area contributed by atoms with Gasteiger partial charge in [0.2, 0.25) is 5.52 Å². The number of carbonyl (C=O) groups excluding carboxylic acids is 1. The number of benzene rings is 1. The molecule has 0 amide bonds. The summed E-state index contributed by atoms with van der Waals surface area (Å²) in [5.74, 6) is 0.00759. The Hall–Kier alpha value is -1.90. The van der Waals surface area contributed by atoms with Crippen LogP contribution in [0.3, 0.4) is 0 Å². The van der Waals surface area contributed by atoms with E-state index in [0.717, 1.165) is 10.1 Å². The van der Waals surface area contributed by atoms with E-state index in [-0.39, 0.29) is 5.78 Å². The minimum absolute atomic E-state index is 0.00759. The zero-order valence-electron chi connectivity index (χ0n) is 7.73. The SMILES string of the molecule is CC(=O)c1ccc2c(ccc[n+]2[O-])c1. The van der Waals surface area contributed by atoms with Crippen molar-refractivity contribution in [2.75, 3.05) is 0 Å². The number of pyridine rings is 1. The molecule has 0 fully saturated rings. The van der Waals surface area contributed by atoms with Gasteiger partial charge in [0, 0.05) is 23.1 Å². The minimum atomic E-state index is 0.00759. The fourth-order valence-electron chi connectivity index (χ4n) is 1.41. The first-order valence-corrected chi connectivity index (χ1v) is 4.31. The number of hydrogen-bond acceptors (Lipinski definition) is 2. The Balaban J connectivity index is 2.73. The molecule has 1 aromatic heterocycles. The van der Waals surface area contributed by atoms with Gasteiger partial charge in [-0.3, -0.25) is 4.79 Å². The van der Waals surface area contributed by atoms with Crippen molar-refractivity contribution < 1.29 is 9.52 Å². The normalized spacial score (nSPS) is 10.4. The Morgan fingerprint density at radius 2 is 2.14 bits per heavy atom. The molecule has 1 aromatic carbocycles. The van der Waals surface area contributed by atoms with Crippen LogP contribution in [0.15, 0.2) is 36.5 Å². The highest BCUT2D eigenvalue weighted by molar-refractivity contribution is 5.97. The molecule has 0 unspecified atom stereocenters. The van der Waals surface area contributed by atoms with Crippen molar-refractivity contribution in [3.8, 4) is 0 Å². The molecule has 0 saturated carbocycles. The van der Waals surface area contributed by atoms with Gasteiger partial charge in [-0.15, -0.1) is 0 Å². The van der Waals surface area contributed by atoms with Crippen LogP contribution in [0.4, 0.5) is 0 Å². The van der Waals surface area contributed by atoms with Crippen molar-refractivity contribution in [1.82, 2.24) is 0 Å². The average molecular weight is 187 g/mol. The summed E-state index contributed by atoms with van der Waals surface area (Å²) in [6, 6.07) is 8.54. The largest absolute Gasteiger partial charge is 0.618 e. The molecule has 1 heterocycles. The Labute approximate surface area is 81.2 Å². The molecule has 3 nitrogen and oxygen atoms in total. The highest BCUT2D eigenvalue weighted by Crippen LogP contribution is 2.12. The summed E-state index contributed by atoms with van der Waals surface area (Å²) in [7, 11) is 0. The first kappa shape index (κ1) is 8.69. The van der Waals surface area contributed by atoms with Crippen molar-refractivity contribution in [3.05, 3.63) is 47.3 Å². The smallest absolute Gasteiger partial charge is 0.223 e. The van der Waals surface area contributed by atoms with Crippen LogP contribution < -0.4 is 4.73 Å². The first-order chi connectivity index (χ1) is 6.68. The van der Waals surface area contributed by atoms with Gasteiger partial charge in [-0.2, -0.15) is 4.73 Å². The summed E-state index contributed by atoms with van der Waals surface area (Å²) in [4.78, 5) is 11.1. The highest BCUT2D eigenvalue weighted by Gasteiger charge is 2.05. The van der Waals surface area contributed by atoms with Crippen LogP contribution >= 0.6 is 0 Å². The fraction of sp³-hybridized carbons (Fsp3) is 0.0909. The predicted octanol–water partition coefficient (Wildman–Crippen LogP) is 1.68. The van der Waals surface area contributed by atoms with Gasteiger partial charge in [0.05, 0.1) is 0 Å². The standard InChI is InChI=1S/C11H9NO2/c1-8(13)9-4-5-11-10(7-9)3-2-6-12(11)14/h2-7H,1H3. The van der Waals surface area contributed by atoms with E-state index >= 15 is 0 Å². The maximum atomic E-state index is 11.3. The van der Waals surface area contributed by atoms with Crippen LogP contribution in [0.5, 0.6) is 0 Å². The van der Waals surface area contributed by atoms with Crippen molar-refractivity contribution in [2.45, 2.75) is 6.92 Å². The molecule has 0 bridgehead atoms. The van der Waals surface area contributed by atoms with Gasteiger partial charge in [-0.25, -0.2) is 0 Å². The van der Waals surface area contributed by atoms with Crippen LogP contribution in [0, 0.1) is 5.21 Å². The third kappa shape index (κ3) is 1.33. The Kier molecular flexibility index (Phi) is 1.93. The number of hydrogen-bond donors (Lipinski definition) is 0. The number of rotatable bonds is 1. The number of carbonyl (C=O) groups is 1. The van der Waals surface area contributed by atoms with Gasteiger partial charge < -0.3 is 5.21 Å². The van der Waals surface area contributed by atoms with E-state index in [9.17, 15) is 10.0 Å². The molecule has 0 radical (unpaired) electrons. The molecule has 2 aromatic rings. The van der Waals surface area contributed by atoms with Crippen molar-refractivity contribution in [3.63, 3.8) is 0 Å². The van der Waals surface area contributed by atoms with Gasteiger partial charge in [-0.05, 0) is 25.1 Å². The van der Waals surface area contributed by atoms with Gasteiger partial charge in [-0.1, -0.05) is 0 Å². The van der Waals surface area contributed by atoms with Crippen molar-refractivity contribution >= 4 is 16.7 Å². The Morgan fingerprint density at radius 3 is 2.86 bits per heavy atom. The topological polar surface area (TPSA) is 44.0 Å². The molecule has 0 atom stereocenters. The Morgan fingerprint density at radius 1 is 1.36 bits per heavy atom. The van der Waals surface area contributed by atoms with E-state index in [4.69, 9.17) is 0 Å². The van der Waals surface area contributed by atoms with Crippen molar-refractivity contribution in [1.29, 1.82) is 0 Å². The van der Waals surface area contributed by atoms with E-state index in [0.29, 0.717) is 11.1 Å². The van der Waals surface area contributed by atoms with Crippen LogP contribution in [0.1, 0.15) is 17.3 Å². The van der Waals surface area contributed by atoms with E-state index < -0.39 is 0 Å². The lowest BCUT2D eigenvalue weighted by molar-refractivity contribution is -0.577. The molecule has 0 N–H and O–H groups in total. The number of fused-ring (bicyclic) bond motifs is 1. The van der Waals surface area contributed by atoms with E-state index in [2.05, 4.69) is 0 Å². The number of nitrogens with zero attached hydrogens (tertiary/aromatic N) is 1. The van der Waals surface area contributed by atoms with E-state index in [1.807, 2.05) is 6.07 Å². The lowest BCUT2D eigenvalue weighted by Crippen LogP contribution is -2.25. The molecule has 0 spiro atoms. The number of Topliss-reactive ketones (excluding diaryl/α,β-unsaturated/α-hetero) is 1. The van der Waals surface area contributed by atoms with Gasteiger partial charge >= 0.3 is 0 Å². The third-order valence-corrected chi connectivity index (χ3v) is 2.17. The molecule has 2 rings (SSSR count). The van der Waals surface area contributed by atoms with Crippen LogP contribution in [0.2, 0.25) is 0 Å². The maximum Gasteiger partial charge on any atom is 0.223 e. The summed E-state index contributed by atoms with van der Waals surface area (Å²) in [6.07, 6.45) is 1.44. The quantitative estimate of drug-likeness (QED) is 0.387. The molecule has 14 heavy (non-hydrogen) atoms. The van der Waals surface area contributed by atoms with Crippen molar-refractivity contribution in [2.24, 2.45) is 0 Å². The lowest BCUT2D eigenvalue weighted by atomic mass is 10.1.